The van der Waals surface area contributed by atoms with E-state index in [9.17, 15) is 4.79 Å². The van der Waals surface area contributed by atoms with Gasteiger partial charge in [0.2, 0.25) is 0 Å². The number of ether oxygens (including phenoxy) is 1. The van der Waals surface area contributed by atoms with E-state index in [1.807, 2.05) is 17.2 Å². The molecule has 0 aromatic rings. The quantitative estimate of drug-likeness (QED) is 0.694. The smallest absolute Gasteiger partial charge is 0.188 e. The highest BCUT2D eigenvalue weighted by Gasteiger charge is 2.31. The molecular weight excluding hydrogens is 206 g/mol. The predicted molar refractivity (Wildman–Crippen MR) is 58.2 cm³/mol. The fourth-order valence-corrected chi connectivity index (χ4v) is 1.98. The van der Waals surface area contributed by atoms with Gasteiger partial charge in [0.25, 0.3) is 0 Å². The second kappa shape index (κ2) is 3.23. The molecule has 5 heteroatoms. The SMILES string of the molecule is COC1=CC2=CNC3=C(N=CCC3=O)N2C1. The number of nitrogens with one attached hydrogen (secondary N) is 1. The van der Waals surface area contributed by atoms with Crippen molar-refractivity contribution < 1.29 is 9.53 Å². The average molecular weight is 217 g/mol. The molecule has 3 aliphatic heterocycles. The summed E-state index contributed by atoms with van der Waals surface area (Å²) in [6.45, 7) is 0.632. The number of ketones is 1. The van der Waals surface area contributed by atoms with Crippen LogP contribution in [0.15, 0.2) is 40.2 Å². The maximum absolute atomic E-state index is 11.7. The Morgan fingerprint density at radius 3 is 3.25 bits per heavy atom. The molecule has 0 fully saturated rings. The van der Waals surface area contributed by atoms with Crippen LogP contribution >= 0.6 is 0 Å². The van der Waals surface area contributed by atoms with E-state index in [-0.39, 0.29) is 5.78 Å². The van der Waals surface area contributed by atoms with E-state index in [2.05, 4.69) is 10.3 Å². The Hall–Kier alpha value is -2.04. The largest absolute Gasteiger partial charge is 0.499 e. The van der Waals surface area contributed by atoms with Gasteiger partial charge in [-0.2, -0.15) is 0 Å². The summed E-state index contributed by atoms with van der Waals surface area (Å²) in [5, 5.41) is 3.00. The van der Waals surface area contributed by atoms with Gasteiger partial charge in [0.05, 0.1) is 19.4 Å². The van der Waals surface area contributed by atoms with Crippen LogP contribution in [0.4, 0.5) is 0 Å². The predicted octanol–water partition coefficient (Wildman–Crippen LogP) is 0.490. The van der Waals surface area contributed by atoms with Gasteiger partial charge in [-0.1, -0.05) is 0 Å². The fourth-order valence-electron chi connectivity index (χ4n) is 1.98. The molecule has 82 valence electrons. The Balaban J connectivity index is 1.99. The molecule has 1 N–H and O–H groups in total. The molecule has 0 atom stereocenters. The third kappa shape index (κ3) is 1.18. The van der Waals surface area contributed by atoms with Crippen LogP contribution in [0, 0.1) is 0 Å². The van der Waals surface area contributed by atoms with Crippen LogP contribution < -0.4 is 5.32 Å². The van der Waals surface area contributed by atoms with Crippen molar-refractivity contribution in [2.75, 3.05) is 13.7 Å². The van der Waals surface area contributed by atoms with E-state index in [4.69, 9.17) is 4.74 Å². The number of rotatable bonds is 1. The summed E-state index contributed by atoms with van der Waals surface area (Å²) >= 11 is 0. The van der Waals surface area contributed by atoms with Crippen molar-refractivity contribution in [1.82, 2.24) is 10.2 Å². The highest BCUT2D eigenvalue weighted by molar-refractivity contribution is 6.05. The van der Waals surface area contributed by atoms with Crippen molar-refractivity contribution in [1.29, 1.82) is 0 Å². The highest BCUT2D eigenvalue weighted by Crippen LogP contribution is 2.30. The van der Waals surface area contributed by atoms with Gasteiger partial charge in [0, 0.05) is 24.9 Å². The molecular formula is C11H11N3O2. The lowest BCUT2D eigenvalue weighted by atomic mass is 10.1. The van der Waals surface area contributed by atoms with Gasteiger partial charge in [-0.3, -0.25) is 4.79 Å². The van der Waals surface area contributed by atoms with Gasteiger partial charge < -0.3 is 15.0 Å². The Morgan fingerprint density at radius 1 is 1.56 bits per heavy atom. The highest BCUT2D eigenvalue weighted by atomic mass is 16.5. The number of methoxy groups -OCH3 is 1. The summed E-state index contributed by atoms with van der Waals surface area (Å²) in [7, 11) is 1.64. The molecule has 0 saturated carbocycles. The number of aliphatic imine (C=N–C) groups is 1. The van der Waals surface area contributed by atoms with Crippen LogP contribution in [0.1, 0.15) is 6.42 Å². The molecule has 0 spiro atoms. The van der Waals surface area contributed by atoms with Crippen molar-refractivity contribution in [2.24, 2.45) is 4.99 Å². The van der Waals surface area contributed by atoms with Gasteiger partial charge in [-0.15, -0.1) is 0 Å². The third-order valence-electron chi connectivity index (χ3n) is 2.81. The number of fused-ring (bicyclic) bond motifs is 2. The van der Waals surface area contributed by atoms with Gasteiger partial charge in [0.1, 0.15) is 11.5 Å². The molecule has 0 amide bonds. The second-order valence-electron chi connectivity index (χ2n) is 3.75. The Labute approximate surface area is 92.8 Å². The zero-order valence-corrected chi connectivity index (χ0v) is 8.86. The monoisotopic (exact) mass is 217 g/mol. The maximum atomic E-state index is 11.7. The molecule has 0 unspecified atom stereocenters. The lowest BCUT2D eigenvalue weighted by Crippen LogP contribution is -2.33. The molecule has 0 aromatic carbocycles. The number of allylic oxidation sites excluding steroid dienone is 2. The van der Waals surface area contributed by atoms with Crippen molar-refractivity contribution in [2.45, 2.75) is 6.42 Å². The first-order valence-corrected chi connectivity index (χ1v) is 5.08. The van der Waals surface area contributed by atoms with E-state index in [1.54, 1.807) is 13.3 Å². The molecule has 3 heterocycles. The number of Topliss-reactive ketones (excluding diaryl/α,β-unsaturated/α-hetero) is 1. The van der Waals surface area contributed by atoms with E-state index >= 15 is 0 Å². The number of hydrogen-bond acceptors (Lipinski definition) is 5. The number of nitrogens with zero attached hydrogens (tertiary/aromatic N) is 2. The summed E-state index contributed by atoms with van der Waals surface area (Å²) in [5.74, 6) is 1.64. The third-order valence-corrected chi connectivity index (χ3v) is 2.81. The summed E-state index contributed by atoms with van der Waals surface area (Å²) in [6, 6.07) is 0. The van der Waals surface area contributed by atoms with E-state index in [0.29, 0.717) is 24.5 Å². The van der Waals surface area contributed by atoms with Crippen LogP contribution in [0.2, 0.25) is 0 Å². The summed E-state index contributed by atoms with van der Waals surface area (Å²) in [5.41, 5.74) is 1.56. The average Bonchev–Trinajstić information content (AvgIpc) is 2.72. The van der Waals surface area contributed by atoms with Gasteiger partial charge in [-0.25, -0.2) is 4.99 Å². The van der Waals surface area contributed by atoms with Crippen LogP contribution in [0.5, 0.6) is 0 Å². The summed E-state index contributed by atoms with van der Waals surface area (Å²) in [6.07, 6.45) is 5.76. The molecule has 3 rings (SSSR count). The fraction of sp³-hybridized carbons (Fsp3) is 0.273. The van der Waals surface area contributed by atoms with E-state index < -0.39 is 0 Å². The van der Waals surface area contributed by atoms with E-state index in [0.717, 1.165) is 11.5 Å². The lowest BCUT2D eigenvalue weighted by molar-refractivity contribution is -0.115. The molecule has 0 aliphatic carbocycles. The summed E-state index contributed by atoms with van der Waals surface area (Å²) in [4.78, 5) is 17.9. The topological polar surface area (TPSA) is 53.9 Å². The zero-order valence-electron chi connectivity index (χ0n) is 8.86. The minimum atomic E-state index is 0.0752. The Bertz CT molecular complexity index is 485. The van der Waals surface area contributed by atoms with Crippen LogP contribution in [0.25, 0.3) is 0 Å². The lowest BCUT2D eigenvalue weighted by Gasteiger charge is -2.28. The molecule has 0 bridgehead atoms. The maximum Gasteiger partial charge on any atom is 0.188 e. The number of carbonyl (C=O) groups excluding carboxylic acids is 1. The van der Waals surface area contributed by atoms with Crippen LogP contribution in [-0.4, -0.2) is 30.6 Å². The molecule has 3 aliphatic rings. The van der Waals surface area contributed by atoms with Crippen LogP contribution in [0.3, 0.4) is 0 Å². The zero-order chi connectivity index (χ0) is 11.1. The Morgan fingerprint density at radius 2 is 2.44 bits per heavy atom. The molecule has 16 heavy (non-hydrogen) atoms. The normalized spacial score (nSPS) is 22.3. The van der Waals surface area contributed by atoms with Crippen LogP contribution in [-0.2, 0) is 9.53 Å². The van der Waals surface area contributed by atoms with Crippen molar-refractivity contribution in [3.05, 3.63) is 35.3 Å². The van der Waals surface area contributed by atoms with Gasteiger partial charge in [-0.05, 0) is 0 Å². The van der Waals surface area contributed by atoms with Crippen molar-refractivity contribution in [3.8, 4) is 0 Å². The summed E-state index contributed by atoms with van der Waals surface area (Å²) < 4.78 is 5.20. The van der Waals surface area contributed by atoms with Gasteiger partial charge in [0.15, 0.2) is 11.6 Å². The molecule has 0 saturated heterocycles. The van der Waals surface area contributed by atoms with Gasteiger partial charge >= 0.3 is 0 Å². The van der Waals surface area contributed by atoms with Crippen molar-refractivity contribution >= 4 is 12.0 Å². The van der Waals surface area contributed by atoms with E-state index in [1.165, 1.54) is 0 Å². The molecule has 5 nitrogen and oxygen atoms in total. The first-order chi connectivity index (χ1) is 7.79. The first kappa shape index (κ1) is 9.21. The standard InChI is InChI=1S/C11H11N3O2/c1-16-8-4-7-5-13-10-9(15)2-3-12-11(10)14(7)6-8/h3-5,13H,2,6H2,1H3. The van der Waals surface area contributed by atoms with Crippen molar-refractivity contribution in [3.63, 3.8) is 0 Å². The number of carbonyl (C=O) groups is 1. The minimum Gasteiger partial charge on any atom is -0.499 e. The molecule has 0 aromatic heterocycles. The Kier molecular flexibility index (Phi) is 1.86. The first-order valence-electron chi connectivity index (χ1n) is 5.08. The minimum absolute atomic E-state index is 0.0752. The molecule has 0 radical (unpaired) electrons. The second-order valence-corrected chi connectivity index (χ2v) is 3.75. The number of hydrogen-bond donors (Lipinski definition) is 1.